The molecule has 1 aromatic heterocycles. The quantitative estimate of drug-likeness (QED) is 0.921. The van der Waals surface area contributed by atoms with Crippen LogP contribution < -0.4 is 5.56 Å². The minimum absolute atomic E-state index is 0.0000926. The van der Waals surface area contributed by atoms with Crippen molar-refractivity contribution in [2.45, 2.75) is 37.8 Å². The molecule has 2 saturated heterocycles. The number of likely N-dealkylation sites (tertiary alicyclic amines) is 2. The Morgan fingerprint density at radius 1 is 1.12 bits per heavy atom. The van der Waals surface area contributed by atoms with Gasteiger partial charge in [-0.3, -0.25) is 9.59 Å². The molecule has 5 heteroatoms. The summed E-state index contributed by atoms with van der Waals surface area (Å²) >= 11 is 0. The maximum absolute atomic E-state index is 13.2. The van der Waals surface area contributed by atoms with Crippen LogP contribution in [0.3, 0.4) is 0 Å². The molecular weight excluding hydrogens is 302 g/mol. The molecule has 2 aliphatic heterocycles. The lowest BCUT2D eigenvalue weighted by Gasteiger charge is -2.33. The van der Waals surface area contributed by atoms with E-state index < -0.39 is 0 Å². The zero-order chi connectivity index (χ0) is 16.7. The van der Waals surface area contributed by atoms with Crippen LogP contribution in [0.15, 0.2) is 35.1 Å². The molecule has 0 bridgehead atoms. The van der Waals surface area contributed by atoms with Gasteiger partial charge < -0.3 is 14.8 Å². The van der Waals surface area contributed by atoms with Gasteiger partial charge in [-0.1, -0.05) is 18.2 Å². The standard InChI is InChI=1S/C19H23N3O2/c1-21-10-4-8-16(21)17-9-5-11-22(17)19(24)14-12-18(23)20-15-7-3-2-6-13(14)15/h2-3,6-7,12,16-17H,4-5,8-11H2,1H3,(H,20,23). The van der Waals surface area contributed by atoms with Crippen LogP contribution in [-0.2, 0) is 0 Å². The fraction of sp³-hybridized carbons (Fsp3) is 0.474. The second-order valence-electron chi connectivity index (χ2n) is 6.99. The van der Waals surface area contributed by atoms with E-state index in [0.29, 0.717) is 11.6 Å². The van der Waals surface area contributed by atoms with E-state index in [2.05, 4.69) is 16.9 Å². The maximum Gasteiger partial charge on any atom is 0.255 e. The highest BCUT2D eigenvalue weighted by Crippen LogP contribution is 2.30. The Bertz CT molecular complexity index is 829. The highest BCUT2D eigenvalue weighted by Gasteiger charge is 2.38. The fourth-order valence-electron chi connectivity index (χ4n) is 4.40. The molecule has 2 atom stereocenters. The van der Waals surface area contributed by atoms with E-state index in [1.807, 2.05) is 29.2 Å². The van der Waals surface area contributed by atoms with Gasteiger partial charge in [-0.05, 0) is 45.3 Å². The van der Waals surface area contributed by atoms with Crippen LogP contribution in [0, 0.1) is 0 Å². The number of para-hydroxylation sites is 1. The fourth-order valence-corrected chi connectivity index (χ4v) is 4.40. The van der Waals surface area contributed by atoms with Gasteiger partial charge in [0.05, 0.1) is 5.56 Å². The van der Waals surface area contributed by atoms with Crippen LogP contribution in [0.25, 0.3) is 10.9 Å². The first kappa shape index (κ1) is 15.4. The van der Waals surface area contributed by atoms with Crippen LogP contribution >= 0.6 is 0 Å². The third-order valence-corrected chi connectivity index (χ3v) is 5.56. The Hall–Kier alpha value is -2.14. The molecule has 1 N–H and O–H groups in total. The lowest BCUT2D eigenvalue weighted by molar-refractivity contribution is 0.0666. The minimum atomic E-state index is -0.217. The predicted octanol–water partition coefficient (Wildman–Crippen LogP) is 2.23. The average Bonchev–Trinajstić information content (AvgIpc) is 3.21. The number of benzene rings is 1. The molecular formula is C19H23N3O2. The summed E-state index contributed by atoms with van der Waals surface area (Å²) in [5.41, 5.74) is 1.04. The summed E-state index contributed by atoms with van der Waals surface area (Å²) in [5, 5.41) is 0.826. The van der Waals surface area contributed by atoms with E-state index >= 15 is 0 Å². The monoisotopic (exact) mass is 325 g/mol. The topological polar surface area (TPSA) is 56.4 Å². The lowest BCUT2D eigenvalue weighted by atomic mass is 10.0. The number of carbonyl (C=O) groups excluding carboxylic acids is 1. The third kappa shape index (κ3) is 2.53. The van der Waals surface area contributed by atoms with Gasteiger partial charge in [-0.15, -0.1) is 0 Å². The van der Waals surface area contributed by atoms with Crippen molar-refractivity contribution in [3.63, 3.8) is 0 Å². The van der Waals surface area contributed by atoms with Gasteiger partial charge in [-0.25, -0.2) is 0 Å². The van der Waals surface area contributed by atoms with E-state index in [4.69, 9.17) is 0 Å². The summed E-state index contributed by atoms with van der Waals surface area (Å²) in [5.74, 6) is 0.0000926. The van der Waals surface area contributed by atoms with Crippen molar-refractivity contribution in [1.82, 2.24) is 14.8 Å². The van der Waals surface area contributed by atoms with Crippen molar-refractivity contribution in [3.05, 3.63) is 46.2 Å². The van der Waals surface area contributed by atoms with Crippen molar-refractivity contribution < 1.29 is 4.79 Å². The largest absolute Gasteiger partial charge is 0.334 e. The summed E-state index contributed by atoms with van der Waals surface area (Å²) in [4.78, 5) is 32.4. The molecule has 0 radical (unpaired) electrons. The zero-order valence-corrected chi connectivity index (χ0v) is 14.0. The number of fused-ring (bicyclic) bond motifs is 1. The molecule has 24 heavy (non-hydrogen) atoms. The first-order chi connectivity index (χ1) is 11.6. The summed E-state index contributed by atoms with van der Waals surface area (Å²) in [6, 6.07) is 9.71. The number of amides is 1. The number of pyridine rings is 1. The number of likely N-dealkylation sites (N-methyl/N-ethyl adjacent to an activating group) is 1. The van der Waals surface area contributed by atoms with Crippen molar-refractivity contribution in [2.75, 3.05) is 20.1 Å². The van der Waals surface area contributed by atoms with Gasteiger partial charge in [0.2, 0.25) is 5.56 Å². The first-order valence-electron chi connectivity index (χ1n) is 8.78. The molecule has 2 aromatic rings. The van der Waals surface area contributed by atoms with Crippen LogP contribution in [0.5, 0.6) is 0 Å². The molecule has 2 aliphatic rings. The van der Waals surface area contributed by atoms with Crippen molar-refractivity contribution in [3.8, 4) is 0 Å². The molecule has 0 spiro atoms. The molecule has 4 rings (SSSR count). The summed E-state index contributed by atoms with van der Waals surface area (Å²) in [6.07, 6.45) is 4.46. The van der Waals surface area contributed by atoms with Gasteiger partial charge in [-0.2, -0.15) is 0 Å². The Kier molecular flexibility index (Phi) is 3.88. The molecule has 0 aliphatic carbocycles. The molecule has 1 aromatic carbocycles. The lowest BCUT2D eigenvalue weighted by Crippen LogP contribution is -2.47. The van der Waals surface area contributed by atoms with Crippen molar-refractivity contribution in [2.24, 2.45) is 0 Å². The van der Waals surface area contributed by atoms with Gasteiger partial charge in [0.15, 0.2) is 0 Å². The number of rotatable bonds is 2. The Morgan fingerprint density at radius 2 is 1.88 bits per heavy atom. The Morgan fingerprint density at radius 3 is 2.67 bits per heavy atom. The van der Waals surface area contributed by atoms with Crippen LogP contribution in [0.2, 0.25) is 0 Å². The first-order valence-corrected chi connectivity index (χ1v) is 8.78. The van der Waals surface area contributed by atoms with Gasteiger partial charge in [0, 0.05) is 35.6 Å². The Labute approximate surface area is 141 Å². The van der Waals surface area contributed by atoms with E-state index in [-0.39, 0.29) is 17.5 Å². The van der Waals surface area contributed by atoms with Gasteiger partial charge >= 0.3 is 0 Å². The maximum atomic E-state index is 13.2. The molecule has 2 fully saturated rings. The smallest absolute Gasteiger partial charge is 0.255 e. The van der Waals surface area contributed by atoms with Crippen molar-refractivity contribution >= 4 is 16.8 Å². The molecule has 0 saturated carbocycles. The zero-order valence-electron chi connectivity index (χ0n) is 14.0. The highest BCUT2D eigenvalue weighted by atomic mass is 16.2. The summed E-state index contributed by atoms with van der Waals surface area (Å²) < 4.78 is 0. The number of aromatic amines is 1. The number of carbonyl (C=O) groups is 1. The number of aromatic nitrogens is 1. The van der Waals surface area contributed by atoms with Gasteiger partial charge in [0.25, 0.3) is 5.91 Å². The number of hydrogen-bond donors (Lipinski definition) is 1. The van der Waals surface area contributed by atoms with E-state index in [9.17, 15) is 9.59 Å². The van der Waals surface area contributed by atoms with E-state index in [1.54, 1.807) is 0 Å². The molecule has 1 amide bonds. The highest BCUT2D eigenvalue weighted by molar-refractivity contribution is 6.06. The molecule has 5 nitrogen and oxygen atoms in total. The number of nitrogens with one attached hydrogen (secondary N) is 1. The normalized spacial score (nSPS) is 24.8. The SMILES string of the molecule is CN1CCCC1C1CCCN1C(=O)c1cc(=O)[nH]c2ccccc12. The number of hydrogen-bond acceptors (Lipinski definition) is 3. The second-order valence-corrected chi connectivity index (χ2v) is 6.99. The molecule has 126 valence electrons. The van der Waals surface area contributed by atoms with Gasteiger partial charge in [0.1, 0.15) is 0 Å². The molecule has 3 heterocycles. The van der Waals surface area contributed by atoms with Crippen molar-refractivity contribution in [1.29, 1.82) is 0 Å². The second kappa shape index (κ2) is 6.06. The van der Waals surface area contributed by atoms with E-state index in [1.165, 1.54) is 12.5 Å². The summed E-state index contributed by atoms with van der Waals surface area (Å²) in [6.45, 7) is 1.89. The third-order valence-electron chi connectivity index (χ3n) is 5.56. The van der Waals surface area contributed by atoms with Crippen LogP contribution in [-0.4, -0.2) is 52.9 Å². The molecule has 2 unspecified atom stereocenters. The minimum Gasteiger partial charge on any atom is -0.334 e. The predicted molar refractivity (Wildman–Crippen MR) is 94.3 cm³/mol. The number of nitrogens with zero attached hydrogens (tertiary/aromatic N) is 2. The van der Waals surface area contributed by atoms with Crippen LogP contribution in [0.4, 0.5) is 0 Å². The summed E-state index contributed by atoms with van der Waals surface area (Å²) in [7, 11) is 2.15. The van der Waals surface area contributed by atoms with Crippen LogP contribution in [0.1, 0.15) is 36.0 Å². The van der Waals surface area contributed by atoms with E-state index in [0.717, 1.165) is 43.3 Å². The number of H-pyrrole nitrogens is 1. The Balaban J connectivity index is 1.72. The average molecular weight is 325 g/mol.